The molecule has 218 valence electrons. The molecular formula is C30H44O9. The van der Waals surface area contributed by atoms with Crippen LogP contribution in [0.4, 0.5) is 0 Å². The summed E-state index contributed by atoms with van der Waals surface area (Å²) in [7, 11) is 0. The van der Waals surface area contributed by atoms with Crippen molar-refractivity contribution in [2.24, 2.45) is 22.7 Å². The van der Waals surface area contributed by atoms with E-state index in [1.807, 2.05) is 40.7 Å². The minimum atomic E-state index is -1.40. The van der Waals surface area contributed by atoms with Crippen LogP contribution in [0.15, 0.2) is 36.0 Å². The van der Waals surface area contributed by atoms with Crippen molar-refractivity contribution in [1.29, 1.82) is 0 Å². The molecule has 0 aromatic carbocycles. The molecule has 9 nitrogen and oxygen atoms in total. The summed E-state index contributed by atoms with van der Waals surface area (Å²) in [6, 6.07) is 0. The molecule has 0 aromatic heterocycles. The largest absolute Gasteiger partial charge is 0.459 e. The maximum absolute atomic E-state index is 12.9. The molecule has 0 radical (unpaired) electrons. The molecule has 1 aliphatic heterocycles. The van der Waals surface area contributed by atoms with Crippen molar-refractivity contribution in [2.45, 2.75) is 111 Å². The maximum atomic E-state index is 12.9. The predicted octanol–water partition coefficient (Wildman–Crippen LogP) is 4.12. The van der Waals surface area contributed by atoms with Gasteiger partial charge in [-0.1, -0.05) is 52.0 Å². The molecular weight excluding hydrogens is 504 g/mol. The van der Waals surface area contributed by atoms with Crippen LogP contribution in [0.25, 0.3) is 0 Å². The Labute approximate surface area is 231 Å². The van der Waals surface area contributed by atoms with Crippen molar-refractivity contribution in [3.8, 4) is 0 Å². The lowest BCUT2D eigenvalue weighted by atomic mass is 9.44. The Morgan fingerprint density at radius 3 is 2.28 bits per heavy atom. The van der Waals surface area contributed by atoms with Crippen molar-refractivity contribution >= 4 is 17.9 Å². The molecule has 2 N–H and O–H groups in total. The van der Waals surface area contributed by atoms with E-state index in [2.05, 4.69) is 6.58 Å². The standard InChI is InChI=1S/C30H44O9/c1-8-11-23(33)37-27-21-15-20(32)16-22-29(7,14-13-17(4)10-3)18(5)25(35)26(36-19(6)31)30(21,22)28(39-27)38-24(34)12-9-2/h10,13,15,18,20,22,25-28,32,35H,3,8-9,11-12,14,16H2,1-2,4-7H3. The number of rotatable bonds is 10. The van der Waals surface area contributed by atoms with E-state index in [1.54, 1.807) is 12.2 Å². The van der Waals surface area contributed by atoms with E-state index in [9.17, 15) is 24.6 Å². The summed E-state index contributed by atoms with van der Waals surface area (Å²) in [5, 5.41) is 22.9. The summed E-state index contributed by atoms with van der Waals surface area (Å²) in [6.07, 6.45) is 1.50. The molecule has 39 heavy (non-hydrogen) atoms. The van der Waals surface area contributed by atoms with Gasteiger partial charge in [-0.05, 0) is 55.9 Å². The van der Waals surface area contributed by atoms with Crippen LogP contribution < -0.4 is 0 Å². The normalized spacial score (nSPS) is 37.7. The fourth-order valence-electron chi connectivity index (χ4n) is 6.62. The Balaban J connectivity index is 2.28. The molecule has 1 saturated carbocycles. The van der Waals surface area contributed by atoms with Crippen LogP contribution in [0.3, 0.4) is 0 Å². The van der Waals surface area contributed by atoms with Crippen molar-refractivity contribution < 1.29 is 43.5 Å². The summed E-state index contributed by atoms with van der Waals surface area (Å²) in [6.45, 7) is 14.6. The summed E-state index contributed by atoms with van der Waals surface area (Å²) >= 11 is 0. The zero-order valence-electron chi connectivity index (χ0n) is 24.0. The summed E-state index contributed by atoms with van der Waals surface area (Å²) in [5.41, 5.74) is -0.789. The number of ether oxygens (including phenoxy) is 4. The number of aliphatic hydroxyl groups excluding tert-OH is 2. The quantitative estimate of drug-likeness (QED) is 0.179. The summed E-state index contributed by atoms with van der Waals surface area (Å²) in [5.74, 6) is -2.56. The van der Waals surface area contributed by atoms with Crippen LogP contribution in [0.1, 0.15) is 80.1 Å². The Hall–Kier alpha value is -2.49. The predicted molar refractivity (Wildman–Crippen MR) is 143 cm³/mol. The molecule has 3 aliphatic rings. The van der Waals surface area contributed by atoms with Gasteiger partial charge < -0.3 is 24.4 Å². The fraction of sp³-hybridized carbons (Fsp3) is 0.700. The topological polar surface area (TPSA) is 129 Å². The average molecular weight is 549 g/mol. The Morgan fingerprint density at radius 2 is 1.72 bits per heavy atom. The second-order valence-electron chi connectivity index (χ2n) is 11.4. The molecule has 1 spiro atoms. The fourth-order valence-corrected chi connectivity index (χ4v) is 6.62. The third-order valence-corrected chi connectivity index (χ3v) is 8.81. The lowest BCUT2D eigenvalue weighted by Gasteiger charge is -2.62. The Kier molecular flexibility index (Phi) is 9.83. The first kappa shape index (κ1) is 31.0. The van der Waals surface area contributed by atoms with Crippen LogP contribution in [0.2, 0.25) is 0 Å². The van der Waals surface area contributed by atoms with E-state index in [1.165, 1.54) is 6.92 Å². The molecule has 0 amide bonds. The molecule has 2 aliphatic carbocycles. The van der Waals surface area contributed by atoms with Gasteiger partial charge in [0.05, 0.1) is 12.2 Å². The highest BCUT2D eigenvalue weighted by Gasteiger charge is 2.74. The molecule has 9 heteroatoms. The van der Waals surface area contributed by atoms with Gasteiger partial charge in [0.25, 0.3) is 0 Å². The van der Waals surface area contributed by atoms with Crippen LogP contribution in [0.5, 0.6) is 0 Å². The Morgan fingerprint density at radius 1 is 1.10 bits per heavy atom. The number of allylic oxidation sites excluding steroid dienone is 3. The van der Waals surface area contributed by atoms with Crippen LogP contribution in [0, 0.1) is 22.7 Å². The van der Waals surface area contributed by atoms with Gasteiger partial charge in [0.2, 0.25) is 12.6 Å². The van der Waals surface area contributed by atoms with Crippen LogP contribution >= 0.6 is 0 Å². The van der Waals surface area contributed by atoms with Crippen molar-refractivity contribution in [3.63, 3.8) is 0 Å². The molecule has 1 saturated heterocycles. The number of hydrogen-bond acceptors (Lipinski definition) is 9. The van der Waals surface area contributed by atoms with Gasteiger partial charge in [-0.2, -0.15) is 0 Å². The Bertz CT molecular complexity index is 1020. The monoisotopic (exact) mass is 548 g/mol. The van der Waals surface area contributed by atoms with Crippen LogP contribution in [-0.4, -0.2) is 59.0 Å². The van der Waals surface area contributed by atoms with E-state index in [0.717, 1.165) is 5.57 Å². The SMILES string of the molecule is C=CC(C)=CCC1(C)C(C)C(O)C(OC(C)=O)C23C(=CC(O)CC12)C(OC(=O)CCC)OC3OC(=O)CCC. The molecule has 0 bridgehead atoms. The van der Waals surface area contributed by atoms with Gasteiger partial charge in [-0.25, -0.2) is 0 Å². The second-order valence-corrected chi connectivity index (χ2v) is 11.4. The van der Waals surface area contributed by atoms with E-state index in [0.29, 0.717) is 24.8 Å². The molecule has 2 fully saturated rings. The number of esters is 3. The third kappa shape index (κ3) is 5.72. The highest BCUT2D eigenvalue weighted by atomic mass is 16.8. The van der Waals surface area contributed by atoms with E-state index < -0.39 is 71.5 Å². The van der Waals surface area contributed by atoms with E-state index in [4.69, 9.17) is 18.9 Å². The van der Waals surface area contributed by atoms with Gasteiger partial charge >= 0.3 is 17.9 Å². The first-order chi connectivity index (χ1) is 18.4. The number of hydrogen-bond donors (Lipinski definition) is 2. The number of carbonyl (C=O) groups is 3. The van der Waals surface area contributed by atoms with E-state index in [-0.39, 0.29) is 19.3 Å². The van der Waals surface area contributed by atoms with Gasteiger partial charge in [0, 0.05) is 25.3 Å². The van der Waals surface area contributed by atoms with Crippen LogP contribution in [-0.2, 0) is 33.3 Å². The summed E-state index contributed by atoms with van der Waals surface area (Å²) < 4.78 is 23.6. The van der Waals surface area contributed by atoms with Gasteiger partial charge in [-0.15, -0.1) is 0 Å². The number of aliphatic hydroxyl groups is 2. The van der Waals surface area contributed by atoms with Gasteiger partial charge in [-0.3, -0.25) is 19.1 Å². The summed E-state index contributed by atoms with van der Waals surface area (Å²) in [4.78, 5) is 37.9. The maximum Gasteiger partial charge on any atom is 0.308 e. The minimum absolute atomic E-state index is 0.123. The first-order valence-electron chi connectivity index (χ1n) is 14.0. The highest BCUT2D eigenvalue weighted by molar-refractivity contribution is 5.71. The molecule has 9 atom stereocenters. The van der Waals surface area contributed by atoms with Gasteiger partial charge in [0.1, 0.15) is 11.5 Å². The molecule has 1 heterocycles. The lowest BCUT2D eigenvalue weighted by Crippen LogP contribution is -2.68. The minimum Gasteiger partial charge on any atom is -0.459 e. The zero-order valence-corrected chi connectivity index (χ0v) is 24.0. The van der Waals surface area contributed by atoms with E-state index >= 15 is 0 Å². The molecule has 9 unspecified atom stereocenters. The number of carbonyl (C=O) groups excluding carboxylic acids is 3. The zero-order chi connectivity index (χ0) is 29.1. The smallest absolute Gasteiger partial charge is 0.308 e. The second kappa shape index (κ2) is 12.4. The average Bonchev–Trinajstić information content (AvgIpc) is 3.16. The van der Waals surface area contributed by atoms with Crippen molar-refractivity contribution in [2.75, 3.05) is 0 Å². The van der Waals surface area contributed by atoms with Crippen molar-refractivity contribution in [3.05, 3.63) is 36.0 Å². The lowest BCUT2D eigenvalue weighted by molar-refractivity contribution is -0.277. The van der Waals surface area contributed by atoms with Gasteiger partial charge in [0.15, 0.2) is 0 Å². The highest BCUT2D eigenvalue weighted by Crippen LogP contribution is 2.67. The molecule has 3 rings (SSSR count). The van der Waals surface area contributed by atoms with Crippen molar-refractivity contribution in [1.82, 2.24) is 0 Å². The third-order valence-electron chi connectivity index (χ3n) is 8.81. The molecule has 0 aromatic rings. The first-order valence-corrected chi connectivity index (χ1v) is 14.0.